The van der Waals surface area contributed by atoms with Gasteiger partial charge >= 0.3 is 5.97 Å². The molecular weight excluding hydrogens is 398 g/mol. The minimum atomic E-state index is -0.370. The summed E-state index contributed by atoms with van der Waals surface area (Å²) in [6.45, 7) is 5.43. The summed E-state index contributed by atoms with van der Waals surface area (Å²) in [7, 11) is 1.86. The highest BCUT2D eigenvalue weighted by molar-refractivity contribution is 5.94. The number of nitrogens with one attached hydrogen (secondary N) is 1. The minimum absolute atomic E-state index is 0.0889. The molecule has 3 aromatic rings. The number of benzene rings is 1. The Bertz CT molecular complexity index is 1070. The van der Waals surface area contributed by atoms with Crippen molar-refractivity contribution in [1.29, 1.82) is 0 Å². The van der Waals surface area contributed by atoms with Gasteiger partial charge in [0.15, 0.2) is 5.65 Å². The van der Waals surface area contributed by atoms with Crippen molar-refractivity contribution in [1.82, 2.24) is 24.6 Å². The summed E-state index contributed by atoms with van der Waals surface area (Å²) in [5.74, 6) is 0.420. The van der Waals surface area contributed by atoms with Crippen molar-refractivity contribution < 1.29 is 14.3 Å². The summed E-state index contributed by atoms with van der Waals surface area (Å²) in [4.78, 5) is 37.2. The van der Waals surface area contributed by atoms with Gasteiger partial charge in [-0.05, 0) is 31.2 Å². The standard InChI is InChI=1S/C21H25N7O3/c1-3-31-21(30)15-4-6-16(7-5-15)25-18(29)13-27-8-10-28(11-9-27)20-17-12-24-26(2)19(17)22-14-23-20/h4-7,12,14H,3,8-11,13H2,1-2H3,(H,25,29). The molecule has 0 saturated carbocycles. The van der Waals surface area contributed by atoms with Gasteiger partial charge in [-0.3, -0.25) is 14.4 Å². The van der Waals surface area contributed by atoms with Gasteiger partial charge in [0, 0.05) is 38.9 Å². The van der Waals surface area contributed by atoms with E-state index in [0.717, 1.165) is 43.0 Å². The molecule has 1 fully saturated rings. The van der Waals surface area contributed by atoms with Gasteiger partial charge in [0.25, 0.3) is 0 Å². The topological polar surface area (TPSA) is 105 Å². The maximum Gasteiger partial charge on any atom is 0.338 e. The van der Waals surface area contributed by atoms with Gasteiger partial charge in [0.05, 0.1) is 30.3 Å². The van der Waals surface area contributed by atoms with Crippen LogP contribution in [0.5, 0.6) is 0 Å². The lowest BCUT2D eigenvalue weighted by atomic mass is 10.2. The molecule has 2 aromatic heterocycles. The van der Waals surface area contributed by atoms with E-state index in [2.05, 4.69) is 30.2 Å². The van der Waals surface area contributed by atoms with Crippen molar-refractivity contribution in [2.45, 2.75) is 6.92 Å². The van der Waals surface area contributed by atoms with E-state index in [0.29, 0.717) is 24.4 Å². The molecule has 3 heterocycles. The predicted molar refractivity (Wildman–Crippen MR) is 116 cm³/mol. The molecule has 0 bridgehead atoms. The van der Waals surface area contributed by atoms with Gasteiger partial charge in [0.2, 0.25) is 5.91 Å². The van der Waals surface area contributed by atoms with Crippen molar-refractivity contribution >= 4 is 34.4 Å². The average molecular weight is 423 g/mol. The number of carbonyl (C=O) groups is 2. The zero-order valence-electron chi connectivity index (χ0n) is 17.6. The number of aryl methyl sites for hydroxylation is 1. The number of anilines is 2. The van der Waals surface area contributed by atoms with Crippen LogP contribution in [0.4, 0.5) is 11.5 Å². The molecule has 1 N–H and O–H groups in total. The maximum absolute atomic E-state index is 12.4. The van der Waals surface area contributed by atoms with Crippen LogP contribution < -0.4 is 10.2 Å². The number of nitrogens with zero attached hydrogens (tertiary/aromatic N) is 6. The summed E-state index contributed by atoms with van der Waals surface area (Å²) in [5.41, 5.74) is 1.92. The number of carbonyl (C=O) groups excluding carboxylic acids is 2. The normalized spacial score (nSPS) is 14.6. The molecule has 0 unspecified atom stereocenters. The Kier molecular flexibility index (Phi) is 6.08. The lowest BCUT2D eigenvalue weighted by Gasteiger charge is -2.35. The highest BCUT2D eigenvalue weighted by Gasteiger charge is 2.22. The Hall–Kier alpha value is -3.53. The van der Waals surface area contributed by atoms with Crippen LogP contribution in [0.25, 0.3) is 11.0 Å². The molecule has 1 aliphatic heterocycles. The molecule has 10 nitrogen and oxygen atoms in total. The minimum Gasteiger partial charge on any atom is -0.462 e. The Morgan fingerprint density at radius 2 is 1.84 bits per heavy atom. The molecule has 10 heteroatoms. The van der Waals surface area contributed by atoms with E-state index in [4.69, 9.17) is 4.74 Å². The molecule has 1 saturated heterocycles. The van der Waals surface area contributed by atoms with Gasteiger partial charge < -0.3 is 15.0 Å². The van der Waals surface area contributed by atoms with Crippen LogP contribution in [0.3, 0.4) is 0 Å². The molecule has 4 rings (SSSR count). The smallest absolute Gasteiger partial charge is 0.338 e. The van der Waals surface area contributed by atoms with E-state index < -0.39 is 0 Å². The maximum atomic E-state index is 12.4. The van der Waals surface area contributed by atoms with E-state index in [9.17, 15) is 9.59 Å². The highest BCUT2D eigenvalue weighted by atomic mass is 16.5. The quantitative estimate of drug-likeness (QED) is 0.592. The molecule has 0 atom stereocenters. The van der Waals surface area contributed by atoms with Crippen LogP contribution in [0.2, 0.25) is 0 Å². The number of rotatable bonds is 6. The summed E-state index contributed by atoms with van der Waals surface area (Å²) in [5, 5.41) is 8.08. The fraction of sp³-hybridized carbons (Fsp3) is 0.381. The number of fused-ring (bicyclic) bond motifs is 1. The van der Waals surface area contributed by atoms with Crippen LogP contribution in [-0.4, -0.2) is 75.9 Å². The molecule has 1 aromatic carbocycles. The number of ether oxygens (including phenoxy) is 1. The fourth-order valence-electron chi connectivity index (χ4n) is 3.63. The van der Waals surface area contributed by atoms with Crippen LogP contribution in [-0.2, 0) is 16.6 Å². The Morgan fingerprint density at radius 1 is 1.10 bits per heavy atom. The molecule has 0 radical (unpaired) electrons. The summed E-state index contributed by atoms with van der Waals surface area (Å²) in [6.07, 6.45) is 3.35. The number of aromatic nitrogens is 4. The first kappa shape index (κ1) is 20.7. The number of hydrogen-bond donors (Lipinski definition) is 1. The SMILES string of the molecule is CCOC(=O)c1ccc(NC(=O)CN2CCN(c3ncnc4c3cnn4C)CC2)cc1. The third kappa shape index (κ3) is 4.64. The van der Waals surface area contributed by atoms with Crippen LogP contribution >= 0.6 is 0 Å². The summed E-state index contributed by atoms with van der Waals surface area (Å²) >= 11 is 0. The van der Waals surface area contributed by atoms with Crippen molar-refractivity contribution in [3.8, 4) is 0 Å². The van der Waals surface area contributed by atoms with Gasteiger partial charge in [-0.2, -0.15) is 5.10 Å². The molecule has 0 spiro atoms. The highest BCUT2D eigenvalue weighted by Crippen LogP contribution is 2.23. The fourth-order valence-corrected chi connectivity index (χ4v) is 3.63. The van der Waals surface area contributed by atoms with E-state index in [-0.39, 0.29) is 11.9 Å². The Balaban J connectivity index is 1.29. The lowest BCUT2D eigenvalue weighted by molar-refractivity contribution is -0.117. The second kappa shape index (κ2) is 9.09. The lowest BCUT2D eigenvalue weighted by Crippen LogP contribution is -2.49. The third-order valence-corrected chi connectivity index (χ3v) is 5.23. The van der Waals surface area contributed by atoms with Gasteiger partial charge in [-0.1, -0.05) is 0 Å². The first-order chi connectivity index (χ1) is 15.0. The molecule has 162 valence electrons. The van der Waals surface area contributed by atoms with Crippen molar-refractivity contribution in [3.05, 3.63) is 42.4 Å². The van der Waals surface area contributed by atoms with Crippen molar-refractivity contribution in [2.75, 3.05) is 49.5 Å². The zero-order chi connectivity index (χ0) is 21.8. The van der Waals surface area contributed by atoms with E-state index in [1.54, 1.807) is 48.4 Å². The van der Waals surface area contributed by atoms with Gasteiger partial charge in [0.1, 0.15) is 12.1 Å². The summed E-state index contributed by atoms with van der Waals surface area (Å²) in [6, 6.07) is 6.70. The van der Waals surface area contributed by atoms with Crippen LogP contribution in [0.1, 0.15) is 17.3 Å². The predicted octanol–water partition coefficient (Wildman–Crippen LogP) is 1.30. The Morgan fingerprint density at radius 3 is 2.55 bits per heavy atom. The first-order valence-electron chi connectivity index (χ1n) is 10.2. The molecule has 1 aliphatic rings. The van der Waals surface area contributed by atoms with Crippen molar-refractivity contribution in [2.24, 2.45) is 7.05 Å². The average Bonchev–Trinajstić information content (AvgIpc) is 3.16. The van der Waals surface area contributed by atoms with Gasteiger partial charge in [-0.15, -0.1) is 0 Å². The van der Waals surface area contributed by atoms with E-state index in [1.807, 2.05) is 7.05 Å². The van der Waals surface area contributed by atoms with Crippen LogP contribution in [0, 0.1) is 0 Å². The first-order valence-corrected chi connectivity index (χ1v) is 10.2. The van der Waals surface area contributed by atoms with E-state index >= 15 is 0 Å². The monoisotopic (exact) mass is 423 g/mol. The largest absolute Gasteiger partial charge is 0.462 e. The second-order valence-electron chi connectivity index (χ2n) is 7.31. The summed E-state index contributed by atoms with van der Waals surface area (Å²) < 4.78 is 6.70. The van der Waals surface area contributed by atoms with Crippen molar-refractivity contribution in [3.63, 3.8) is 0 Å². The number of esters is 1. The Labute approximate surface area is 179 Å². The molecule has 31 heavy (non-hydrogen) atoms. The molecular formula is C21H25N7O3. The second-order valence-corrected chi connectivity index (χ2v) is 7.31. The number of amides is 1. The van der Waals surface area contributed by atoms with Gasteiger partial charge in [-0.25, -0.2) is 14.8 Å². The number of piperazine rings is 1. The zero-order valence-corrected chi connectivity index (χ0v) is 17.6. The van der Waals surface area contributed by atoms with E-state index in [1.165, 1.54) is 0 Å². The number of hydrogen-bond acceptors (Lipinski definition) is 8. The molecule has 0 aliphatic carbocycles. The molecule has 1 amide bonds. The van der Waals surface area contributed by atoms with Crippen LogP contribution in [0.15, 0.2) is 36.8 Å². The third-order valence-electron chi connectivity index (χ3n) is 5.23.